The Kier molecular flexibility index (Phi) is 6.03. The summed E-state index contributed by atoms with van der Waals surface area (Å²) in [7, 11) is 0. The van der Waals surface area contributed by atoms with Gasteiger partial charge < -0.3 is 14.7 Å². The lowest BCUT2D eigenvalue weighted by Crippen LogP contribution is -2.43. The van der Waals surface area contributed by atoms with Crippen molar-refractivity contribution in [2.45, 2.75) is 58.0 Å². The summed E-state index contributed by atoms with van der Waals surface area (Å²) in [6.07, 6.45) is 6.07. The third-order valence-electron chi connectivity index (χ3n) is 4.80. The Balaban J connectivity index is 1.77. The van der Waals surface area contributed by atoms with E-state index in [2.05, 4.69) is 6.92 Å². The highest BCUT2D eigenvalue weighted by Gasteiger charge is 2.40. The number of piperidine rings is 1. The van der Waals surface area contributed by atoms with Crippen LogP contribution in [0.1, 0.15) is 51.9 Å². The number of likely N-dealkylation sites (tertiary alicyclic amines) is 1. The van der Waals surface area contributed by atoms with Gasteiger partial charge in [-0.2, -0.15) is 0 Å². The third-order valence-corrected chi connectivity index (χ3v) is 4.80. The van der Waals surface area contributed by atoms with Crippen molar-refractivity contribution in [2.75, 3.05) is 19.7 Å². The van der Waals surface area contributed by atoms with Crippen molar-refractivity contribution in [3.63, 3.8) is 0 Å². The van der Waals surface area contributed by atoms with Crippen LogP contribution >= 0.6 is 0 Å². The van der Waals surface area contributed by atoms with E-state index in [9.17, 15) is 14.7 Å². The highest BCUT2D eigenvalue weighted by Crippen LogP contribution is 2.33. The summed E-state index contributed by atoms with van der Waals surface area (Å²) in [4.78, 5) is 25.2. The fourth-order valence-electron chi connectivity index (χ4n) is 3.50. The van der Waals surface area contributed by atoms with E-state index >= 15 is 0 Å². The minimum atomic E-state index is -0.740. The Labute approximate surface area is 126 Å². The zero-order chi connectivity index (χ0) is 15.2. The van der Waals surface area contributed by atoms with Crippen molar-refractivity contribution >= 4 is 11.9 Å². The largest absolute Gasteiger partial charge is 0.481 e. The van der Waals surface area contributed by atoms with E-state index in [1.54, 1.807) is 0 Å². The van der Waals surface area contributed by atoms with Crippen LogP contribution in [-0.4, -0.2) is 47.7 Å². The van der Waals surface area contributed by atoms with E-state index in [1.807, 2.05) is 4.90 Å². The second kappa shape index (κ2) is 7.78. The normalized spacial score (nSPS) is 27.0. The van der Waals surface area contributed by atoms with Crippen LogP contribution in [-0.2, 0) is 14.3 Å². The first-order valence-electron chi connectivity index (χ1n) is 8.25. The number of ether oxygens (including phenoxy) is 1. The Hall–Kier alpha value is -1.10. The summed E-state index contributed by atoms with van der Waals surface area (Å²) in [6.45, 7) is 4.19. The molecule has 2 atom stereocenters. The number of aliphatic carboxylic acids is 1. The van der Waals surface area contributed by atoms with E-state index in [4.69, 9.17) is 4.74 Å². The zero-order valence-corrected chi connectivity index (χ0v) is 12.9. The zero-order valence-electron chi connectivity index (χ0n) is 12.9. The van der Waals surface area contributed by atoms with Gasteiger partial charge in [0.25, 0.3) is 0 Å². The van der Waals surface area contributed by atoms with Gasteiger partial charge in [0.05, 0.1) is 12.0 Å². The molecule has 5 nitrogen and oxygen atoms in total. The van der Waals surface area contributed by atoms with Gasteiger partial charge in [0.1, 0.15) is 0 Å². The maximum Gasteiger partial charge on any atom is 0.309 e. The minimum absolute atomic E-state index is 0.153. The van der Waals surface area contributed by atoms with Gasteiger partial charge in [-0.3, -0.25) is 9.59 Å². The van der Waals surface area contributed by atoms with Gasteiger partial charge in [-0.1, -0.05) is 19.8 Å². The molecule has 2 rings (SSSR count). The van der Waals surface area contributed by atoms with Crippen LogP contribution in [0.25, 0.3) is 0 Å². The molecular formula is C16H27NO4. The second-order valence-electron chi connectivity index (χ2n) is 6.24. The molecule has 120 valence electrons. The molecule has 0 saturated carbocycles. The number of amides is 1. The van der Waals surface area contributed by atoms with Crippen molar-refractivity contribution in [3.8, 4) is 0 Å². The molecule has 0 aromatic carbocycles. The van der Waals surface area contributed by atoms with Gasteiger partial charge >= 0.3 is 5.97 Å². The molecule has 0 aromatic heterocycles. The number of carboxylic acid groups (broad SMARTS) is 1. The molecule has 2 saturated heterocycles. The number of hydrogen-bond acceptors (Lipinski definition) is 3. The monoisotopic (exact) mass is 297 g/mol. The fraction of sp³-hybridized carbons (Fsp3) is 0.875. The summed E-state index contributed by atoms with van der Waals surface area (Å²) < 4.78 is 5.66. The summed E-state index contributed by atoms with van der Waals surface area (Å²) in [5.74, 6) is -0.560. The fourth-order valence-corrected chi connectivity index (χ4v) is 3.50. The maximum absolute atomic E-state index is 12.1. The molecule has 1 amide bonds. The molecule has 0 aliphatic carbocycles. The standard InChI is InChI=1S/C16H27NO4/c1-2-3-4-5-14(18)17-9-6-12(7-10-17)15-13(16(19)20)8-11-21-15/h12-13,15H,2-11H2,1H3,(H,19,20)/t13?,15-/m0/s1. The first-order chi connectivity index (χ1) is 10.1. The summed E-state index contributed by atoms with van der Waals surface area (Å²) in [6, 6.07) is 0. The van der Waals surface area contributed by atoms with Crippen LogP contribution in [0, 0.1) is 11.8 Å². The number of unbranched alkanes of at least 4 members (excludes halogenated alkanes) is 2. The Morgan fingerprint density at radius 2 is 1.90 bits per heavy atom. The summed E-state index contributed by atoms with van der Waals surface area (Å²) in [5, 5.41) is 9.23. The van der Waals surface area contributed by atoms with Crippen LogP contribution in [0.15, 0.2) is 0 Å². The molecule has 2 fully saturated rings. The predicted octanol–water partition coefficient (Wildman–Crippen LogP) is 2.30. The third kappa shape index (κ3) is 4.19. The molecule has 0 radical (unpaired) electrons. The van der Waals surface area contributed by atoms with E-state index in [1.165, 1.54) is 0 Å². The van der Waals surface area contributed by atoms with Crippen LogP contribution in [0.5, 0.6) is 0 Å². The molecular weight excluding hydrogens is 270 g/mol. The van der Waals surface area contributed by atoms with Crippen molar-refractivity contribution in [2.24, 2.45) is 11.8 Å². The number of nitrogens with zero attached hydrogens (tertiary/aromatic N) is 1. The highest BCUT2D eigenvalue weighted by molar-refractivity contribution is 5.76. The van der Waals surface area contributed by atoms with Gasteiger partial charge in [0, 0.05) is 26.1 Å². The first-order valence-corrected chi connectivity index (χ1v) is 8.25. The van der Waals surface area contributed by atoms with Crippen molar-refractivity contribution in [3.05, 3.63) is 0 Å². The Bertz CT molecular complexity index is 363. The lowest BCUT2D eigenvalue weighted by molar-refractivity contribution is -0.146. The maximum atomic E-state index is 12.1. The van der Waals surface area contributed by atoms with Crippen LogP contribution in [0.4, 0.5) is 0 Å². The first kappa shape index (κ1) is 16.3. The van der Waals surface area contributed by atoms with Gasteiger partial charge in [0.15, 0.2) is 0 Å². The molecule has 0 spiro atoms. The average molecular weight is 297 g/mol. The summed E-state index contributed by atoms with van der Waals surface area (Å²) >= 11 is 0. The van der Waals surface area contributed by atoms with E-state index in [0.717, 1.165) is 45.2 Å². The summed E-state index contributed by atoms with van der Waals surface area (Å²) in [5.41, 5.74) is 0. The van der Waals surface area contributed by atoms with Crippen LogP contribution in [0.3, 0.4) is 0 Å². The van der Waals surface area contributed by atoms with Crippen LogP contribution in [0.2, 0.25) is 0 Å². The molecule has 21 heavy (non-hydrogen) atoms. The van der Waals surface area contributed by atoms with Crippen molar-refractivity contribution in [1.82, 2.24) is 4.90 Å². The number of hydrogen-bond donors (Lipinski definition) is 1. The number of carbonyl (C=O) groups is 2. The van der Waals surface area contributed by atoms with Gasteiger partial charge in [-0.15, -0.1) is 0 Å². The lowest BCUT2D eigenvalue weighted by atomic mass is 9.84. The Morgan fingerprint density at radius 3 is 2.52 bits per heavy atom. The average Bonchev–Trinajstić information content (AvgIpc) is 2.97. The minimum Gasteiger partial charge on any atom is -0.481 e. The van der Waals surface area contributed by atoms with E-state index in [-0.39, 0.29) is 23.8 Å². The molecule has 2 aliphatic heterocycles. The Morgan fingerprint density at radius 1 is 1.19 bits per heavy atom. The molecule has 2 heterocycles. The molecule has 2 aliphatic rings. The van der Waals surface area contributed by atoms with E-state index in [0.29, 0.717) is 19.4 Å². The lowest BCUT2D eigenvalue weighted by Gasteiger charge is -2.35. The molecule has 1 unspecified atom stereocenters. The number of carbonyl (C=O) groups excluding carboxylic acids is 1. The van der Waals surface area contributed by atoms with Gasteiger partial charge in [-0.05, 0) is 31.6 Å². The second-order valence-corrected chi connectivity index (χ2v) is 6.24. The topological polar surface area (TPSA) is 66.8 Å². The van der Waals surface area contributed by atoms with Crippen molar-refractivity contribution < 1.29 is 19.4 Å². The predicted molar refractivity (Wildman–Crippen MR) is 78.9 cm³/mol. The molecule has 5 heteroatoms. The SMILES string of the molecule is CCCCCC(=O)N1CCC([C@@H]2OCCC2C(=O)O)CC1. The highest BCUT2D eigenvalue weighted by atomic mass is 16.5. The number of rotatable bonds is 6. The smallest absolute Gasteiger partial charge is 0.309 e. The van der Waals surface area contributed by atoms with Gasteiger partial charge in [-0.25, -0.2) is 0 Å². The number of carboxylic acids is 1. The van der Waals surface area contributed by atoms with Crippen LogP contribution < -0.4 is 0 Å². The van der Waals surface area contributed by atoms with Crippen molar-refractivity contribution in [1.29, 1.82) is 0 Å². The van der Waals surface area contributed by atoms with Gasteiger partial charge in [0.2, 0.25) is 5.91 Å². The van der Waals surface area contributed by atoms with E-state index < -0.39 is 5.97 Å². The molecule has 0 bridgehead atoms. The quantitative estimate of drug-likeness (QED) is 0.764. The molecule has 1 N–H and O–H groups in total. The molecule has 0 aromatic rings.